The predicted molar refractivity (Wildman–Crippen MR) is 66.5 cm³/mol. The first-order valence-corrected chi connectivity index (χ1v) is 5.44. The Hall–Kier alpha value is -1.67. The Labute approximate surface area is 95.1 Å². The van der Waals surface area contributed by atoms with Gasteiger partial charge in [0.05, 0.1) is 0 Å². The van der Waals surface area contributed by atoms with Gasteiger partial charge in [-0.2, -0.15) is 0 Å². The minimum Gasteiger partial charge on any atom is -0.328 e. The van der Waals surface area contributed by atoms with Crippen molar-refractivity contribution < 1.29 is 4.79 Å². The van der Waals surface area contributed by atoms with Gasteiger partial charge in [0.1, 0.15) is 0 Å². The molecule has 0 heterocycles. The topological polar surface area (TPSA) is 43.1 Å². The molecule has 0 radical (unpaired) electrons. The summed E-state index contributed by atoms with van der Waals surface area (Å²) in [6, 6.07) is 13.7. The molecule has 0 spiro atoms. The van der Waals surface area contributed by atoms with Crippen molar-refractivity contribution in [3.63, 3.8) is 0 Å². The Morgan fingerprint density at radius 1 is 1.19 bits per heavy atom. The molecular weight excluding hydrogens is 198 g/mol. The molecule has 82 valence electrons. The van der Waals surface area contributed by atoms with Crippen LogP contribution < -0.4 is 5.73 Å². The maximum absolute atomic E-state index is 11.8. The van der Waals surface area contributed by atoms with Crippen LogP contribution in [0.3, 0.4) is 0 Å². The molecule has 0 aliphatic heterocycles. The summed E-state index contributed by atoms with van der Waals surface area (Å²) >= 11 is 0. The lowest BCUT2D eigenvalue weighted by atomic mass is 10.0. The molecular formula is C14H15NO. The molecule has 2 aromatic carbocycles. The first kappa shape index (κ1) is 10.8. The van der Waals surface area contributed by atoms with E-state index in [1.54, 1.807) is 0 Å². The minimum atomic E-state index is -0.0843. The lowest BCUT2D eigenvalue weighted by Gasteiger charge is -2.05. The van der Waals surface area contributed by atoms with E-state index in [9.17, 15) is 4.79 Å². The average molecular weight is 213 g/mol. The molecule has 0 aliphatic carbocycles. The summed E-state index contributed by atoms with van der Waals surface area (Å²) in [4.78, 5) is 11.8. The molecule has 2 heteroatoms. The van der Waals surface area contributed by atoms with Crippen LogP contribution in [-0.2, 0) is 0 Å². The number of hydrogen-bond acceptors (Lipinski definition) is 2. The number of nitrogens with two attached hydrogens (primary N) is 1. The van der Waals surface area contributed by atoms with Gasteiger partial charge in [0, 0.05) is 18.0 Å². The normalized spacial score (nSPS) is 12.6. The number of rotatable bonds is 3. The zero-order valence-electron chi connectivity index (χ0n) is 9.31. The quantitative estimate of drug-likeness (QED) is 0.797. The number of fused-ring (bicyclic) bond motifs is 1. The average Bonchev–Trinajstić information content (AvgIpc) is 2.27. The fraction of sp³-hybridized carbons (Fsp3) is 0.214. The number of hydrogen-bond donors (Lipinski definition) is 1. The number of benzene rings is 2. The smallest absolute Gasteiger partial charge is 0.164 e. The molecule has 16 heavy (non-hydrogen) atoms. The van der Waals surface area contributed by atoms with Crippen LogP contribution in [0.5, 0.6) is 0 Å². The van der Waals surface area contributed by atoms with Gasteiger partial charge in [-0.15, -0.1) is 0 Å². The van der Waals surface area contributed by atoms with Crippen LogP contribution in [-0.4, -0.2) is 11.8 Å². The van der Waals surface area contributed by atoms with Crippen LogP contribution in [0.1, 0.15) is 23.7 Å². The molecule has 2 nitrogen and oxygen atoms in total. The van der Waals surface area contributed by atoms with E-state index in [1.165, 1.54) is 0 Å². The van der Waals surface area contributed by atoms with Gasteiger partial charge in [-0.3, -0.25) is 4.79 Å². The van der Waals surface area contributed by atoms with Crippen molar-refractivity contribution in [1.29, 1.82) is 0 Å². The number of carbonyl (C=O) groups excluding carboxylic acids is 1. The third-order valence-corrected chi connectivity index (χ3v) is 2.58. The molecule has 0 bridgehead atoms. The van der Waals surface area contributed by atoms with Crippen LogP contribution in [0.15, 0.2) is 42.5 Å². The third-order valence-electron chi connectivity index (χ3n) is 2.58. The summed E-state index contributed by atoms with van der Waals surface area (Å²) in [5.74, 6) is 0.112. The molecule has 1 atom stereocenters. The number of Topliss-reactive ketones (excluding diaryl/α,β-unsaturated/α-hetero) is 1. The third kappa shape index (κ3) is 2.28. The van der Waals surface area contributed by atoms with E-state index in [0.29, 0.717) is 6.42 Å². The van der Waals surface area contributed by atoms with Crippen molar-refractivity contribution in [2.24, 2.45) is 5.73 Å². The molecule has 0 aliphatic rings. The Morgan fingerprint density at radius 2 is 1.88 bits per heavy atom. The SMILES string of the molecule is CC(N)CC(=O)c1ccc2ccccc2c1. The first-order valence-electron chi connectivity index (χ1n) is 5.44. The number of carbonyl (C=O) groups is 1. The van der Waals surface area contributed by atoms with Gasteiger partial charge >= 0.3 is 0 Å². The van der Waals surface area contributed by atoms with Crippen molar-refractivity contribution in [1.82, 2.24) is 0 Å². The molecule has 0 fully saturated rings. The zero-order chi connectivity index (χ0) is 11.5. The van der Waals surface area contributed by atoms with E-state index < -0.39 is 0 Å². The van der Waals surface area contributed by atoms with Gasteiger partial charge in [-0.25, -0.2) is 0 Å². The second-order valence-electron chi connectivity index (χ2n) is 4.17. The van der Waals surface area contributed by atoms with Gasteiger partial charge in [0.15, 0.2) is 5.78 Å². The first-order chi connectivity index (χ1) is 7.66. The fourth-order valence-electron chi connectivity index (χ4n) is 1.77. The second-order valence-corrected chi connectivity index (χ2v) is 4.17. The lowest BCUT2D eigenvalue weighted by molar-refractivity contribution is 0.0976. The summed E-state index contributed by atoms with van der Waals surface area (Å²) in [6.07, 6.45) is 0.401. The predicted octanol–water partition coefficient (Wildman–Crippen LogP) is 2.76. The summed E-state index contributed by atoms with van der Waals surface area (Å²) < 4.78 is 0. The monoisotopic (exact) mass is 213 g/mol. The highest BCUT2D eigenvalue weighted by Crippen LogP contribution is 2.16. The molecule has 2 N–H and O–H groups in total. The fourth-order valence-corrected chi connectivity index (χ4v) is 1.77. The maximum Gasteiger partial charge on any atom is 0.164 e. The van der Waals surface area contributed by atoms with E-state index in [1.807, 2.05) is 49.4 Å². The molecule has 0 aromatic heterocycles. The molecule has 2 aromatic rings. The Balaban J connectivity index is 2.35. The molecule has 0 saturated heterocycles. The second kappa shape index (κ2) is 4.45. The largest absolute Gasteiger partial charge is 0.328 e. The van der Waals surface area contributed by atoms with Gasteiger partial charge in [-0.1, -0.05) is 36.4 Å². The van der Waals surface area contributed by atoms with Gasteiger partial charge in [0.2, 0.25) is 0 Å². The number of ketones is 1. The summed E-state index contributed by atoms with van der Waals surface area (Å²) in [5.41, 5.74) is 6.37. The van der Waals surface area contributed by atoms with Crippen LogP contribution >= 0.6 is 0 Å². The Kier molecular flexibility index (Phi) is 3.02. The summed E-state index contributed by atoms with van der Waals surface area (Å²) in [6.45, 7) is 1.85. The molecule has 2 rings (SSSR count). The van der Waals surface area contributed by atoms with Crippen LogP contribution in [0.4, 0.5) is 0 Å². The van der Waals surface area contributed by atoms with Crippen molar-refractivity contribution in [2.45, 2.75) is 19.4 Å². The Morgan fingerprint density at radius 3 is 2.56 bits per heavy atom. The standard InChI is InChI=1S/C14H15NO/c1-10(15)8-14(16)13-7-6-11-4-2-3-5-12(11)9-13/h2-7,9-10H,8,15H2,1H3. The van der Waals surface area contributed by atoms with Crippen molar-refractivity contribution in [2.75, 3.05) is 0 Å². The van der Waals surface area contributed by atoms with Crippen LogP contribution in [0.2, 0.25) is 0 Å². The van der Waals surface area contributed by atoms with E-state index in [0.717, 1.165) is 16.3 Å². The van der Waals surface area contributed by atoms with Gasteiger partial charge in [0.25, 0.3) is 0 Å². The van der Waals surface area contributed by atoms with Gasteiger partial charge in [-0.05, 0) is 23.8 Å². The van der Waals surface area contributed by atoms with E-state index in [4.69, 9.17) is 5.73 Å². The van der Waals surface area contributed by atoms with Crippen LogP contribution in [0.25, 0.3) is 10.8 Å². The van der Waals surface area contributed by atoms with E-state index >= 15 is 0 Å². The van der Waals surface area contributed by atoms with Crippen molar-refractivity contribution >= 4 is 16.6 Å². The molecule has 0 amide bonds. The summed E-state index contributed by atoms with van der Waals surface area (Å²) in [7, 11) is 0. The van der Waals surface area contributed by atoms with Crippen molar-refractivity contribution in [3.05, 3.63) is 48.0 Å². The van der Waals surface area contributed by atoms with Crippen LogP contribution in [0, 0.1) is 0 Å². The molecule has 1 unspecified atom stereocenters. The zero-order valence-corrected chi connectivity index (χ0v) is 9.31. The Bertz CT molecular complexity index is 517. The highest BCUT2D eigenvalue weighted by molar-refractivity contribution is 6.00. The highest BCUT2D eigenvalue weighted by Gasteiger charge is 2.08. The molecule has 0 saturated carbocycles. The minimum absolute atomic E-state index is 0.0843. The lowest BCUT2D eigenvalue weighted by Crippen LogP contribution is -2.19. The van der Waals surface area contributed by atoms with E-state index in [-0.39, 0.29) is 11.8 Å². The van der Waals surface area contributed by atoms with E-state index in [2.05, 4.69) is 0 Å². The summed E-state index contributed by atoms with van der Waals surface area (Å²) in [5, 5.41) is 2.25. The highest BCUT2D eigenvalue weighted by atomic mass is 16.1. The van der Waals surface area contributed by atoms with Crippen molar-refractivity contribution in [3.8, 4) is 0 Å². The van der Waals surface area contributed by atoms with Gasteiger partial charge < -0.3 is 5.73 Å². The maximum atomic E-state index is 11.8.